The predicted molar refractivity (Wildman–Crippen MR) is 111 cm³/mol. The van der Waals surface area contributed by atoms with Crippen LogP contribution in [-0.2, 0) is 10.0 Å². The van der Waals surface area contributed by atoms with Gasteiger partial charge in [0.2, 0.25) is 10.0 Å². The third kappa shape index (κ3) is 5.33. The molecule has 0 aliphatic carbocycles. The molecule has 158 valence electrons. The number of rotatable bonds is 8. The molecule has 0 bridgehead atoms. The highest BCUT2D eigenvalue weighted by Crippen LogP contribution is 2.24. The largest absolute Gasteiger partial charge is 0.491 e. The molecule has 0 radical (unpaired) electrons. The molecule has 29 heavy (non-hydrogen) atoms. The van der Waals surface area contributed by atoms with Gasteiger partial charge in [-0.25, -0.2) is 12.8 Å². The van der Waals surface area contributed by atoms with Gasteiger partial charge in [-0.15, -0.1) is 0 Å². The van der Waals surface area contributed by atoms with Crippen LogP contribution in [-0.4, -0.2) is 37.8 Å². The van der Waals surface area contributed by atoms with Crippen LogP contribution >= 0.6 is 0 Å². The van der Waals surface area contributed by atoms with Gasteiger partial charge in [0.05, 0.1) is 16.6 Å². The molecule has 2 rings (SSSR count). The Bertz CT molecular complexity index is 986. The highest BCUT2D eigenvalue weighted by atomic mass is 32.2. The molecule has 1 amide bonds. The fraction of sp³-hybridized carbons (Fsp3) is 0.381. The Kier molecular flexibility index (Phi) is 7.37. The zero-order chi connectivity index (χ0) is 21.8. The molecular weight excluding hydrogens is 395 g/mol. The molecule has 6 nitrogen and oxygen atoms in total. The highest BCUT2D eigenvalue weighted by Gasteiger charge is 2.24. The SMILES string of the molecule is CCN(CC)S(=O)(=O)c1ccc(F)c(C(=O)Nc2ccc(OC(C)C)cc2C)c1. The van der Waals surface area contributed by atoms with Crippen LogP contribution in [0.15, 0.2) is 41.3 Å². The fourth-order valence-corrected chi connectivity index (χ4v) is 4.35. The smallest absolute Gasteiger partial charge is 0.258 e. The van der Waals surface area contributed by atoms with Crippen LogP contribution in [0.25, 0.3) is 0 Å². The summed E-state index contributed by atoms with van der Waals surface area (Å²) >= 11 is 0. The van der Waals surface area contributed by atoms with Crippen molar-refractivity contribution < 1.29 is 22.3 Å². The van der Waals surface area contributed by atoms with E-state index in [0.717, 1.165) is 17.7 Å². The number of carbonyl (C=O) groups excluding carboxylic acids is 1. The molecule has 0 aliphatic rings. The minimum Gasteiger partial charge on any atom is -0.491 e. The van der Waals surface area contributed by atoms with Crippen LogP contribution in [0.1, 0.15) is 43.6 Å². The van der Waals surface area contributed by atoms with Crippen LogP contribution in [0.3, 0.4) is 0 Å². The number of benzene rings is 2. The molecule has 1 N–H and O–H groups in total. The number of carbonyl (C=O) groups is 1. The van der Waals surface area contributed by atoms with Gasteiger partial charge in [0.1, 0.15) is 11.6 Å². The zero-order valence-corrected chi connectivity index (χ0v) is 18.1. The molecule has 8 heteroatoms. The molecule has 0 aliphatic heterocycles. The Morgan fingerprint density at radius 3 is 2.34 bits per heavy atom. The first-order valence-electron chi connectivity index (χ1n) is 9.48. The Balaban J connectivity index is 2.32. The van der Waals surface area contributed by atoms with Gasteiger partial charge >= 0.3 is 0 Å². The van der Waals surface area contributed by atoms with Gasteiger partial charge in [-0.2, -0.15) is 4.31 Å². The van der Waals surface area contributed by atoms with Gasteiger partial charge in [0.25, 0.3) is 5.91 Å². The van der Waals surface area contributed by atoms with Gasteiger partial charge in [-0.05, 0) is 62.7 Å². The van der Waals surface area contributed by atoms with E-state index in [1.807, 2.05) is 13.8 Å². The van der Waals surface area contributed by atoms with E-state index < -0.39 is 21.7 Å². The van der Waals surface area contributed by atoms with Crippen molar-refractivity contribution in [3.8, 4) is 5.75 Å². The van der Waals surface area contributed by atoms with Crippen LogP contribution in [0.5, 0.6) is 5.75 Å². The van der Waals surface area contributed by atoms with E-state index in [2.05, 4.69) is 5.32 Å². The van der Waals surface area contributed by atoms with Gasteiger partial charge < -0.3 is 10.1 Å². The monoisotopic (exact) mass is 422 g/mol. The fourth-order valence-electron chi connectivity index (χ4n) is 2.86. The lowest BCUT2D eigenvalue weighted by molar-refractivity contribution is 0.102. The Morgan fingerprint density at radius 1 is 1.14 bits per heavy atom. The second-order valence-electron chi connectivity index (χ2n) is 6.83. The molecule has 0 unspecified atom stereocenters. The summed E-state index contributed by atoms with van der Waals surface area (Å²) in [6.45, 7) is 9.60. The van der Waals surface area contributed by atoms with Crippen molar-refractivity contribution in [3.05, 3.63) is 53.3 Å². The summed E-state index contributed by atoms with van der Waals surface area (Å²) in [5.74, 6) is -0.855. The number of nitrogens with one attached hydrogen (secondary N) is 1. The zero-order valence-electron chi connectivity index (χ0n) is 17.3. The number of anilines is 1. The third-order valence-electron chi connectivity index (χ3n) is 4.34. The number of aryl methyl sites for hydroxylation is 1. The molecule has 0 heterocycles. The Morgan fingerprint density at radius 2 is 1.79 bits per heavy atom. The average Bonchev–Trinajstić information content (AvgIpc) is 2.64. The van der Waals surface area contributed by atoms with Crippen molar-refractivity contribution in [1.82, 2.24) is 4.31 Å². The van der Waals surface area contributed by atoms with E-state index in [1.54, 1.807) is 39.0 Å². The lowest BCUT2D eigenvalue weighted by Crippen LogP contribution is -2.31. The summed E-state index contributed by atoms with van der Waals surface area (Å²) in [4.78, 5) is 12.5. The minimum atomic E-state index is -3.80. The number of halogens is 1. The van der Waals surface area contributed by atoms with E-state index in [1.165, 1.54) is 10.4 Å². The van der Waals surface area contributed by atoms with Crippen molar-refractivity contribution in [2.24, 2.45) is 0 Å². The maximum Gasteiger partial charge on any atom is 0.258 e. The van der Waals surface area contributed by atoms with Crippen molar-refractivity contribution >= 4 is 21.6 Å². The lowest BCUT2D eigenvalue weighted by atomic mass is 10.1. The van der Waals surface area contributed by atoms with Gasteiger partial charge in [0.15, 0.2) is 0 Å². The molecular formula is C21H27FN2O4S. The summed E-state index contributed by atoms with van der Waals surface area (Å²) in [6, 6.07) is 8.39. The van der Waals surface area contributed by atoms with Gasteiger partial charge in [-0.3, -0.25) is 4.79 Å². The van der Waals surface area contributed by atoms with Crippen molar-refractivity contribution in [2.45, 2.75) is 45.6 Å². The standard InChI is InChI=1S/C21H27FN2O4S/c1-6-24(7-2)29(26,27)17-9-10-19(22)18(13-17)21(25)23-20-11-8-16(12-15(20)5)28-14(3)4/h8-14H,6-7H2,1-5H3,(H,23,25). The number of ether oxygens (including phenoxy) is 1. The number of amides is 1. The molecule has 2 aromatic rings. The maximum atomic E-state index is 14.3. The summed E-state index contributed by atoms with van der Waals surface area (Å²) in [7, 11) is -3.80. The third-order valence-corrected chi connectivity index (χ3v) is 6.39. The van der Waals surface area contributed by atoms with Gasteiger partial charge in [-0.1, -0.05) is 13.8 Å². The second-order valence-corrected chi connectivity index (χ2v) is 8.77. The van der Waals surface area contributed by atoms with Crippen molar-refractivity contribution in [3.63, 3.8) is 0 Å². The Hall–Kier alpha value is -2.45. The second kappa shape index (κ2) is 9.37. The first-order chi connectivity index (χ1) is 13.6. The molecule has 0 saturated carbocycles. The highest BCUT2D eigenvalue weighted by molar-refractivity contribution is 7.89. The van der Waals surface area contributed by atoms with Crippen LogP contribution in [0.2, 0.25) is 0 Å². The first-order valence-corrected chi connectivity index (χ1v) is 10.9. The minimum absolute atomic E-state index is 0.0134. The number of hydrogen-bond acceptors (Lipinski definition) is 4. The normalized spacial score (nSPS) is 11.7. The van der Waals surface area contributed by atoms with E-state index in [-0.39, 0.29) is 29.7 Å². The van der Waals surface area contributed by atoms with Crippen LogP contribution < -0.4 is 10.1 Å². The lowest BCUT2D eigenvalue weighted by Gasteiger charge is -2.19. The summed E-state index contributed by atoms with van der Waals surface area (Å²) in [5.41, 5.74) is 0.895. The molecule has 2 aromatic carbocycles. The summed E-state index contributed by atoms with van der Waals surface area (Å²) in [6.07, 6.45) is 0.0134. The van der Waals surface area contributed by atoms with E-state index in [4.69, 9.17) is 4.74 Å². The Labute approximate surface area is 171 Å². The number of sulfonamides is 1. The molecule has 0 saturated heterocycles. The molecule has 0 fully saturated rings. The van der Waals surface area contributed by atoms with E-state index >= 15 is 0 Å². The summed E-state index contributed by atoms with van der Waals surface area (Å²) in [5, 5.41) is 2.64. The molecule has 0 aromatic heterocycles. The van der Waals surface area contributed by atoms with Crippen molar-refractivity contribution in [1.29, 1.82) is 0 Å². The average molecular weight is 423 g/mol. The van der Waals surface area contributed by atoms with E-state index in [0.29, 0.717) is 11.4 Å². The van der Waals surface area contributed by atoms with Crippen LogP contribution in [0, 0.1) is 12.7 Å². The number of hydrogen-bond donors (Lipinski definition) is 1. The molecule has 0 spiro atoms. The predicted octanol–water partition coefficient (Wildman–Crippen LogP) is 4.20. The van der Waals surface area contributed by atoms with Crippen molar-refractivity contribution in [2.75, 3.05) is 18.4 Å². The quantitative estimate of drug-likeness (QED) is 0.692. The van der Waals surface area contributed by atoms with Gasteiger partial charge in [0, 0.05) is 18.8 Å². The molecule has 0 atom stereocenters. The first kappa shape index (κ1) is 22.8. The van der Waals surface area contributed by atoms with Crippen LogP contribution in [0.4, 0.5) is 10.1 Å². The topological polar surface area (TPSA) is 75.7 Å². The van der Waals surface area contributed by atoms with E-state index in [9.17, 15) is 17.6 Å². The maximum absolute atomic E-state index is 14.3. The summed E-state index contributed by atoms with van der Waals surface area (Å²) < 4.78 is 46.5. The number of nitrogens with zero attached hydrogens (tertiary/aromatic N) is 1.